The minimum absolute atomic E-state index is 0.109. The van der Waals surface area contributed by atoms with Gasteiger partial charge in [-0.15, -0.1) is 11.3 Å². The van der Waals surface area contributed by atoms with Gasteiger partial charge in [0.05, 0.1) is 17.5 Å². The molecule has 0 amide bonds. The van der Waals surface area contributed by atoms with Crippen molar-refractivity contribution in [3.8, 4) is 0 Å². The van der Waals surface area contributed by atoms with Crippen molar-refractivity contribution in [2.75, 3.05) is 6.54 Å². The van der Waals surface area contributed by atoms with Crippen LogP contribution in [0.25, 0.3) is 0 Å². The van der Waals surface area contributed by atoms with Crippen molar-refractivity contribution in [2.45, 2.75) is 25.6 Å². The van der Waals surface area contributed by atoms with E-state index in [1.54, 1.807) is 35.6 Å². The molecule has 0 aliphatic rings. The quantitative estimate of drug-likeness (QED) is 0.643. The fourth-order valence-corrected chi connectivity index (χ4v) is 5.01. The van der Waals surface area contributed by atoms with Gasteiger partial charge in [-0.2, -0.15) is 5.10 Å². The van der Waals surface area contributed by atoms with Crippen LogP contribution in [-0.4, -0.2) is 24.7 Å². The molecule has 3 aromatic rings. The summed E-state index contributed by atoms with van der Waals surface area (Å²) in [6, 6.07) is 12.6. The molecule has 1 aromatic carbocycles. The Labute approximate surface area is 162 Å². The Kier molecular flexibility index (Phi) is 5.82. The molecule has 8 heteroatoms. The second kappa shape index (κ2) is 7.92. The van der Waals surface area contributed by atoms with Gasteiger partial charge < -0.3 is 0 Å². The SMILES string of the molecule is Cc1cc(C)n(C(CNS(=O)(=O)Cc2cccc(Cl)c2)c2cccs2)n1. The molecule has 0 fully saturated rings. The van der Waals surface area contributed by atoms with E-state index in [4.69, 9.17) is 11.6 Å². The van der Waals surface area contributed by atoms with Gasteiger partial charge in [0.1, 0.15) is 0 Å². The number of benzene rings is 1. The van der Waals surface area contributed by atoms with Gasteiger partial charge in [-0.25, -0.2) is 13.1 Å². The number of rotatable bonds is 7. The molecule has 0 aliphatic carbocycles. The van der Waals surface area contributed by atoms with E-state index < -0.39 is 10.0 Å². The first-order valence-electron chi connectivity index (χ1n) is 8.12. The van der Waals surface area contributed by atoms with Crippen LogP contribution in [0.3, 0.4) is 0 Å². The minimum Gasteiger partial charge on any atom is -0.260 e. The summed E-state index contributed by atoms with van der Waals surface area (Å²) in [6.07, 6.45) is 0. The molecular formula is C18H20ClN3O2S2. The summed E-state index contributed by atoms with van der Waals surface area (Å²) in [4.78, 5) is 1.06. The average Bonchev–Trinajstić information content (AvgIpc) is 3.18. The maximum absolute atomic E-state index is 12.5. The number of thiophene rings is 1. The smallest absolute Gasteiger partial charge is 0.215 e. The van der Waals surface area contributed by atoms with Gasteiger partial charge in [0.15, 0.2) is 0 Å². The molecule has 2 aromatic heterocycles. The maximum atomic E-state index is 12.5. The molecule has 138 valence electrons. The molecule has 1 N–H and O–H groups in total. The summed E-state index contributed by atoms with van der Waals surface area (Å²) in [7, 11) is -3.50. The maximum Gasteiger partial charge on any atom is 0.215 e. The van der Waals surface area contributed by atoms with Crippen LogP contribution < -0.4 is 4.72 Å². The number of sulfonamides is 1. The van der Waals surface area contributed by atoms with E-state index in [1.165, 1.54) is 0 Å². The van der Waals surface area contributed by atoms with Gasteiger partial charge in [-0.3, -0.25) is 4.68 Å². The lowest BCUT2D eigenvalue weighted by atomic mass is 10.2. The van der Waals surface area contributed by atoms with Crippen LogP contribution >= 0.6 is 22.9 Å². The van der Waals surface area contributed by atoms with Crippen LogP contribution in [0.2, 0.25) is 5.02 Å². The minimum atomic E-state index is -3.50. The summed E-state index contributed by atoms with van der Waals surface area (Å²) in [5.74, 6) is -0.109. The monoisotopic (exact) mass is 409 g/mol. The molecule has 3 rings (SSSR count). The highest BCUT2D eigenvalue weighted by Gasteiger charge is 2.21. The third kappa shape index (κ3) is 4.73. The van der Waals surface area contributed by atoms with E-state index in [-0.39, 0.29) is 18.3 Å². The number of halogens is 1. The summed E-state index contributed by atoms with van der Waals surface area (Å²) in [5.41, 5.74) is 2.56. The van der Waals surface area contributed by atoms with E-state index in [0.29, 0.717) is 10.6 Å². The second-order valence-corrected chi connectivity index (χ2v) is 9.36. The molecule has 0 saturated heterocycles. The lowest BCUT2D eigenvalue weighted by molar-refractivity contribution is 0.499. The number of aromatic nitrogens is 2. The fraction of sp³-hybridized carbons (Fsp3) is 0.278. The Morgan fingerprint density at radius 1 is 1.23 bits per heavy atom. The molecule has 0 bridgehead atoms. The first-order chi connectivity index (χ1) is 12.3. The van der Waals surface area contributed by atoms with Crippen molar-refractivity contribution < 1.29 is 8.42 Å². The van der Waals surface area contributed by atoms with Crippen molar-refractivity contribution in [3.63, 3.8) is 0 Å². The highest BCUT2D eigenvalue weighted by molar-refractivity contribution is 7.88. The second-order valence-electron chi connectivity index (χ2n) is 6.14. The molecule has 1 unspecified atom stereocenters. The Bertz CT molecular complexity index is 982. The number of nitrogens with zero attached hydrogens (tertiary/aromatic N) is 2. The van der Waals surface area contributed by atoms with Crippen LogP contribution in [0.15, 0.2) is 47.8 Å². The lowest BCUT2D eigenvalue weighted by Gasteiger charge is -2.19. The highest BCUT2D eigenvalue weighted by atomic mass is 35.5. The molecule has 5 nitrogen and oxygen atoms in total. The lowest BCUT2D eigenvalue weighted by Crippen LogP contribution is -2.32. The Hall–Kier alpha value is -1.67. The predicted molar refractivity (Wildman–Crippen MR) is 106 cm³/mol. The van der Waals surface area contributed by atoms with E-state index in [0.717, 1.165) is 16.3 Å². The van der Waals surface area contributed by atoms with Crippen LogP contribution in [0.4, 0.5) is 0 Å². The topological polar surface area (TPSA) is 64.0 Å². The van der Waals surface area contributed by atoms with E-state index in [1.807, 2.05) is 42.1 Å². The first kappa shape index (κ1) is 19.1. The summed E-state index contributed by atoms with van der Waals surface area (Å²) < 4.78 is 29.7. The molecule has 0 aliphatic heterocycles. The van der Waals surface area contributed by atoms with Crippen LogP contribution in [0.5, 0.6) is 0 Å². The molecule has 0 spiro atoms. The van der Waals surface area contributed by atoms with Gasteiger partial charge in [0.2, 0.25) is 10.0 Å². The highest BCUT2D eigenvalue weighted by Crippen LogP contribution is 2.24. The van der Waals surface area contributed by atoms with Gasteiger partial charge in [0.25, 0.3) is 0 Å². The number of aryl methyl sites for hydroxylation is 2. The molecule has 0 saturated carbocycles. The van der Waals surface area contributed by atoms with Crippen LogP contribution in [0, 0.1) is 13.8 Å². The van der Waals surface area contributed by atoms with Gasteiger partial charge >= 0.3 is 0 Å². The predicted octanol–water partition coefficient (Wildman–Crippen LogP) is 3.92. The zero-order valence-electron chi connectivity index (χ0n) is 14.5. The normalized spacial score (nSPS) is 13.0. The Balaban J connectivity index is 1.78. The van der Waals surface area contributed by atoms with Crippen molar-refractivity contribution in [1.82, 2.24) is 14.5 Å². The molecule has 26 heavy (non-hydrogen) atoms. The third-order valence-electron chi connectivity index (χ3n) is 3.95. The summed E-state index contributed by atoms with van der Waals surface area (Å²) in [6.45, 7) is 4.14. The van der Waals surface area contributed by atoms with Crippen molar-refractivity contribution >= 4 is 33.0 Å². The molecular weight excluding hydrogens is 390 g/mol. The molecule has 0 radical (unpaired) electrons. The number of hydrogen-bond donors (Lipinski definition) is 1. The Morgan fingerprint density at radius 2 is 2.04 bits per heavy atom. The zero-order valence-corrected chi connectivity index (χ0v) is 16.9. The van der Waals surface area contributed by atoms with E-state index >= 15 is 0 Å². The van der Waals surface area contributed by atoms with E-state index in [2.05, 4.69) is 9.82 Å². The zero-order chi connectivity index (χ0) is 18.7. The Morgan fingerprint density at radius 3 is 2.65 bits per heavy atom. The molecule has 2 heterocycles. The van der Waals surface area contributed by atoms with Crippen molar-refractivity contribution in [3.05, 3.63) is 74.7 Å². The van der Waals surface area contributed by atoms with Crippen LogP contribution in [0.1, 0.15) is 27.9 Å². The largest absolute Gasteiger partial charge is 0.260 e. The van der Waals surface area contributed by atoms with Crippen molar-refractivity contribution in [2.24, 2.45) is 0 Å². The van der Waals surface area contributed by atoms with Gasteiger partial charge in [0, 0.05) is 22.1 Å². The first-order valence-corrected chi connectivity index (χ1v) is 11.0. The van der Waals surface area contributed by atoms with Gasteiger partial charge in [-0.1, -0.05) is 29.8 Å². The van der Waals surface area contributed by atoms with E-state index in [9.17, 15) is 8.42 Å². The fourth-order valence-electron chi connectivity index (χ4n) is 2.85. The summed E-state index contributed by atoms with van der Waals surface area (Å²) >= 11 is 7.53. The summed E-state index contributed by atoms with van der Waals surface area (Å²) in [5, 5.41) is 7.04. The number of nitrogens with one attached hydrogen (secondary N) is 1. The average molecular weight is 410 g/mol. The van der Waals surface area contributed by atoms with Crippen LogP contribution in [-0.2, 0) is 15.8 Å². The number of hydrogen-bond acceptors (Lipinski definition) is 4. The molecule has 1 atom stereocenters. The third-order valence-corrected chi connectivity index (χ3v) is 6.48. The van der Waals surface area contributed by atoms with Gasteiger partial charge in [-0.05, 0) is 49.1 Å². The van der Waals surface area contributed by atoms with Crippen molar-refractivity contribution in [1.29, 1.82) is 0 Å². The standard InChI is InChI=1S/C18H20ClN3O2S2/c1-13-9-14(2)22(21-13)17(18-7-4-8-25-18)11-20-26(23,24)12-15-5-3-6-16(19)10-15/h3-10,17,20H,11-12H2,1-2H3.